The molecule has 4 heteroatoms. The molecule has 0 aliphatic heterocycles. The average molecular weight is 265 g/mol. The van der Waals surface area contributed by atoms with Gasteiger partial charge in [0, 0.05) is 12.5 Å². The Morgan fingerprint density at radius 3 is 2.84 bits per heavy atom. The molecule has 0 spiro atoms. The van der Waals surface area contributed by atoms with Gasteiger partial charge in [-0.1, -0.05) is 19.3 Å². The number of aromatic nitrogens is 2. The molecule has 1 aliphatic carbocycles. The molecule has 1 saturated carbocycles. The summed E-state index contributed by atoms with van der Waals surface area (Å²) in [7, 11) is 3.81. The third kappa shape index (κ3) is 3.11. The van der Waals surface area contributed by atoms with Crippen LogP contribution in [0.25, 0.3) is 0 Å². The fourth-order valence-electron chi connectivity index (χ4n) is 3.41. The van der Waals surface area contributed by atoms with Gasteiger partial charge in [0.1, 0.15) is 0 Å². The lowest BCUT2D eigenvalue weighted by Gasteiger charge is -2.26. The number of hydrogen-bond donors (Lipinski definition) is 1. The highest BCUT2D eigenvalue weighted by atomic mass is 16.5. The van der Waals surface area contributed by atoms with Crippen molar-refractivity contribution in [2.45, 2.75) is 51.5 Å². The van der Waals surface area contributed by atoms with E-state index in [0.29, 0.717) is 11.8 Å². The number of ether oxygens (including phenoxy) is 1. The zero-order valence-corrected chi connectivity index (χ0v) is 12.5. The van der Waals surface area contributed by atoms with Crippen molar-refractivity contribution in [1.29, 1.82) is 0 Å². The van der Waals surface area contributed by atoms with Crippen molar-refractivity contribution >= 4 is 0 Å². The van der Waals surface area contributed by atoms with Crippen LogP contribution < -0.4 is 10.1 Å². The summed E-state index contributed by atoms with van der Waals surface area (Å²) in [6.45, 7) is 4.16. The number of hydrogen-bond acceptors (Lipinski definition) is 3. The van der Waals surface area contributed by atoms with Gasteiger partial charge in [-0.3, -0.25) is 4.68 Å². The van der Waals surface area contributed by atoms with Gasteiger partial charge >= 0.3 is 0 Å². The molecule has 2 unspecified atom stereocenters. The minimum absolute atomic E-state index is 0.576. The Morgan fingerprint density at radius 1 is 1.37 bits per heavy atom. The maximum Gasteiger partial charge on any atom is 0.160 e. The predicted molar refractivity (Wildman–Crippen MR) is 77.7 cm³/mol. The van der Waals surface area contributed by atoms with Gasteiger partial charge in [-0.05, 0) is 39.3 Å². The third-order valence-corrected chi connectivity index (χ3v) is 4.34. The maximum atomic E-state index is 5.54. The Kier molecular flexibility index (Phi) is 5.25. The van der Waals surface area contributed by atoms with Gasteiger partial charge in [0.15, 0.2) is 5.75 Å². The molecule has 1 N–H and O–H groups in total. The van der Waals surface area contributed by atoms with E-state index in [2.05, 4.69) is 29.1 Å². The van der Waals surface area contributed by atoms with Crippen molar-refractivity contribution in [2.24, 2.45) is 5.92 Å². The fraction of sp³-hybridized carbons (Fsp3) is 0.800. The van der Waals surface area contributed by atoms with Crippen LogP contribution in [0.3, 0.4) is 0 Å². The minimum atomic E-state index is 0.576. The van der Waals surface area contributed by atoms with E-state index in [-0.39, 0.29) is 0 Å². The summed E-state index contributed by atoms with van der Waals surface area (Å²) >= 11 is 0. The highest BCUT2D eigenvalue weighted by molar-refractivity contribution is 5.29. The molecular weight excluding hydrogens is 238 g/mol. The first-order valence-electron chi connectivity index (χ1n) is 7.56. The fourth-order valence-corrected chi connectivity index (χ4v) is 3.41. The van der Waals surface area contributed by atoms with Crippen LogP contribution in [0.5, 0.6) is 5.75 Å². The van der Waals surface area contributed by atoms with Gasteiger partial charge in [0.2, 0.25) is 0 Å². The molecule has 2 atom stereocenters. The van der Waals surface area contributed by atoms with Gasteiger partial charge in [0.05, 0.1) is 19.0 Å². The molecule has 0 radical (unpaired) electrons. The van der Waals surface area contributed by atoms with E-state index < -0.39 is 0 Å². The molecule has 2 rings (SSSR count). The highest BCUT2D eigenvalue weighted by Gasteiger charge is 2.30. The van der Waals surface area contributed by atoms with E-state index in [0.717, 1.165) is 18.8 Å². The summed E-state index contributed by atoms with van der Waals surface area (Å²) in [5.41, 5.74) is 1.31. The Morgan fingerprint density at radius 2 is 2.16 bits per heavy atom. The Labute approximate surface area is 116 Å². The van der Waals surface area contributed by atoms with E-state index >= 15 is 0 Å². The van der Waals surface area contributed by atoms with E-state index in [4.69, 9.17) is 4.74 Å². The average Bonchev–Trinajstić information content (AvgIpc) is 2.71. The summed E-state index contributed by atoms with van der Waals surface area (Å²) in [6, 6.07) is 0. The standard InChI is InChI=1S/C15H27N3O/c1-4-18-15(14(19-3)11-17-18)13-9-7-5-6-8-12(13)10-16-2/h11-13,16H,4-10H2,1-3H3. The molecule has 1 fully saturated rings. The molecule has 0 saturated heterocycles. The van der Waals surface area contributed by atoms with Gasteiger partial charge < -0.3 is 10.1 Å². The molecule has 1 aliphatic rings. The van der Waals surface area contributed by atoms with Crippen molar-refractivity contribution < 1.29 is 4.74 Å². The lowest BCUT2D eigenvalue weighted by molar-refractivity contribution is 0.345. The topological polar surface area (TPSA) is 39.1 Å². The molecule has 1 aromatic rings. The van der Waals surface area contributed by atoms with E-state index in [1.165, 1.54) is 37.8 Å². The molecule has 108 valence electrons. The van der Waals surface area contributed by atoms with Crippen LogP contribution in [0.2, 0.25) is 0 Å². The first-order chi connectivity index (χ1) is 9.31. The lowest BCUT2D eigenvalue weighted by Crippen LogP contribution is -2.26. The number of rotatable bonds is 5. The van der Waals surface area contributed by atoms with Crippen LogP contribution >= 0.6 is 0 Å². The van der Waals surface area contributed by atoms with Gasteiger partial charge in [-0.25, -0.2) is 0 Å². The molecule has 0 amide bonds. The molecule has 0 bridgehead atoms. The lowest BCUT2D eigenvalue weighted by atomic mass is 9.85. The van der Waals surface area contributed by atoms with Crippen LogP contribution in [0.15, 0.2) is 6.20 Å². The second kappa shape index (κ2) is 6.94. The van der Waals surface area contributed by atoms with Crippen molar-refractivity contribution in [3.05, 3.63) is 11.9 Å². The third-order valence-electron chi connectivity index (χ3n) is 4.34. The molecule has 19 heavy (non-hydrogen) atoms. The Hall–Kier alpha value is -1.03. The maximum absolute atomic E-state index is 5.54. The van der Waals surface area contributed by atoms with E-state index in [9.17, 15) is 0 Å². The molecule has 4 nitrogen and oxygen atoms in total. The highest BCUT2D eigenvalue weighted by Crippen LogP contribution is 2.40. The van der Waals surface area contributed by atoms with Crippen LogP contribution in [-0.2, 0) is 6.54 Å². The second-order valence-electron chi connectivity index (χ2n) is 5.48. The number of nitrogens with zero attached hydrogens (tertiary/aromatic N) is 2. The zero-order chi connectivity index (χ0) is 13.7. The van der Waals surface area contributed by atoms with Crippen LogP contribution in [0, 0.1) is 5.92 Å². The second-order valence-corrected chi connectivity index (χ2v) is 5.48. The summed E-state index contributed by atoms with van der Waals surface area (Å²) < 4.78 is 7.67. The first kappa shape index (κ1) is 14.4. The largest absolute Gasteiger partial charge is 0.493 e. The minimum Gasteiger partial charge on any atom is -0.493 e. The van der Waals surface area contributed by atoms with Crippen LogP contribution in [-0.4, -0.2) is 30.5 Å². The predicted octanol–water partition coefficient (Wildman–Crippen LogP) is 2.79. The van der Waals surface area contributed by atoms with Gasteiger partial charge in [0.25, 0.3) is 0 Å². The summed E-state index contributed by atoms with van der Waals surface area (Å²) in [5, 5.41) is 7.84. The van der Waals surface area contributed by atoms with Crippen molar-refractivity contribution in [3.8, 4) is 5.75 Å². The van der Waals surface area contributed by atoms with Crippen LogP contribution in [0.4, 0.5) is 0 Å². The number of methoxy groups -OCH3 is 1. The normalized spacial score (nSPS) is 24.2. The van der Waals surface area contributed by atoms with Crippen molar-refractivity contribution in [2.75, 3.05) is 20.7 Å². The Balaban J connectivity index is 2.31. The smallest absolute Gasteiger partial charge is 0.160 e. The monoisotopic (exact) mass is 265 g/mol. The molecular formula is C15H27N3O. The Bertz CT molecular complexity index is 367. The zero-order valence-electron chi connectivity index (χ0n) is 12.5. The number of aryl methyl sites for hydroxylation is 1. The summed E-state index contributed by atoms with van der Waals surface area (Å²) in [5.74, 6) is 2.24. The van der Waals surface area contributed by atoms with E-state index in [1.807, 2.05) is 6.20 Å². The van der Waals surface area contributed by atoms with Gasteiger partial charge in [-0.2, -0.15) is 5.10 Å². The van der Waals surface area contributed by atoms with Crippen LogP contribution in [0.1, 0.15) is 50.6 Å². The SMILES string of the molecule is CCn1ncc(OC)c1C1CCCCCC1CNC. The number of nitrogens with one attached hydrogen (secondary N) is 1. The summed E-state index contributed by atoms with van der Waals surface area (Å²) in [4.78, 5) is 0. The van der Waals surface area contributed by atoms with Gasteiger partial charge in [-0.15, -0.1) is 0 Å². The van der Waals surface area contributed by atoms with E-state index in [1.54, 1.807) is 7.11 Å². The quantitative estimate of drug-likeness (QED) is 0.832. The molecule has 0 aromatic carbocycles. The van der Waals surface area contributed by atoms with Crippen molar-refractivity contribution in [1.82, 2.24) is 15.1 Å². The molecule has 1 aromatic heterocycles. The first-order valence-corrected chi connectivity index (χ1v) is 7.56. The van der Waals surface area contributed by atoms with Crippen molar-refractivity contribution in [3.63, 3.8) is 0 Å². The molecule has 1 heterocycles. The summed E-state index contributed by atoms with van der Waals surface area (Å²) in [6.07, 6.45) is 8.48.